The molecular formula is C16H24N2O7. The number of hydrogen-bond acceptors (Lipinski definition) is 7. The van der Waals surface area contributed by atoms with Crippen LogP contribution >= 0.6 is 0 Å². The van der Waals surface area contributed by atoms with E-state index in [1.165, 1.54) is 0 Å². The number of carbonyl (C=O) groups is 3. The van der Waals surface area contributed by atoms with E-state index in [4.69, 9.17) is 9.57 Å². The fraction of sp³-hybridized carbons (Fsp3) is 0.562. The summed E-state index contributed by atoms with van der Waals surface area (Å²) in [6, 6.07) is 1.28. The number of nitrogens with one attached hydrogen (secondary N) is 1. The predicted octanol–water partition coefficient (Wildman–Crippen LogP) is 0.871. The Hall–Kier alpha value is -2.71. The maximum atomic E-state index is 12.2. The maximum absolute atomic E-state index is 12.2. The zero-order valence-corrected chi connectivity index (χ0v) is 14.7. The molecule has 9 nitrogen and oxygen atoms in total. The maximum Gasteiger partial charge on any atom is 0.333 e. The minimum Gasteiger partial charge on any atom is -0.492 e. The average molecular weight is 356 g/mol. The van der Waals surface area contributed by atoms with Gasteiger partial charge in [-0.25, -0.2) is 9.59 Å². The van der Waals surface area contributed by atoms with Crippen LogP contribution in [0.4, 0.5) is 0 Å². The standard InChI is InChI=1S/C16H24N2O7/c1-5-11(19)17-10(15(23)24-16(2,3)4)6-9-14(22)25-18-12(20)7-8-13(18)21/h7-8,10,20-21H,5-6,9H2,1-4H3,(H,17,19). The topological polar surface area (TPSA) is 127 Å². The Balaban J connectivity index is 2.69. The summed E-state index contributed by atoms with van der Waals surface area (Å²) >= 11 is 0. The van der Waals surface area contributed by atoms with Crippen LogP contribution in [-0.2, 0) is 19.1 Å². The quantitative estimate of drug-likeness (QED) is 0.619. The molecule has 0 aliphatic carbocycles. The highest BCUT2D eigenvalue weighted by atomic mass is 16.7. The van der Waals surface area contributed by atoms with E-state index in [0.717, 1.165) is 12.1 Å². The van der Waals surface area contributed by atoms with Crippen LogP contribution in [0.2, 0.25) is 0 Å². The lowest BCUT2D eigenvalue weighted by molar-refractivity contribution is -0.159. The largest absolute Gasteiger partial charge is 0.492 e. The molecule has 1 amide bonds. The van der Waals surface area contributed by atoms with Crippen molar-refractivity contribution in [3.63, 3.8) is 0 Å². The second kappa shape index (κ2) is 8.41. The van der Waals surface area contributed by atoms with Gasteiger partial charge in [-0.2, -0.15) is 0 Å². The fourth-order valence-corrected chi connectivity index (χ4v) is 1.82. The zero-order valence-electron chi connectivity index (χ0n) is 14.7. The van der Waals surface area contributed by atoms with Crippen LogP contribution in [0.15, 0.2) is 12.1 Å². The van der Waals surface area contributed by atoms with Crippen molar-refractivity contribution in [2.45, 2.75) is 58.6 Å². The van der Waals surface area contributed by atoms with Crippen LogP contribution in [0.25, 0.3) is 0 Å². The highest BCUT2D eigenvalue weighted by Crippen LogP contribution is 2.19. The van der Waals surface area contributed by atoms with Crippen molar-refractivity contribution >= 4 is 17.8 Å². The summed E-state index contributed by atoms with van der Waals surface area (Å²) in [5.41, 5.74) is -0.741. The van der Waals surface area contributed by atoms with Crippen LogP contribution in [0.5, 0.6) is 11.8 Å². The molecule has 3 N–H and O–H groups in total. The molecule has 1 rings (SSSR count). The van der Waals surface area contributed by atoms with E-state index >= 15 is 0 Å². The molecule has 0 aliphatic heterocycles. The van der Waals surface area contributed by atoms with Crippen LogP contribution in [-0.4, -0.2) is 44.4 Å². The van der Waals surface area contributed by atoms with Crippen molar-refractivity contribution in [3.8, 4) is 11.8 Å². The molecule has 0 saturated heterocycles. The Labute approximate surface area is 145 Å². The monoisotopic (exact) mass is 356 g/mol. The summed E-state index contributed by atoms with van der Waals surface area (Å²) in [6.07, 6.45) is -0.123. The van der Waals surface area contributed by atoms with E-state index in [0.29, 0.717) is 4.73 Å². The van der Waals surface area contributed by atoms with Crippen molar-refractivity contribution in [2.24, 2.45) is 0 Å². The fourth-order valence-electron chi connectivity index (χ4n) is 1.82. The summed E-state index contributed by atoms with van der Waals surface area (Å²) in [4.78, 5) is 40.4. The van der Waals surface area contributed by atoms with Crippen molar-refractivity contribution in [1.82, 2.24) is 10.0 Å². The Bertz CT molecular complexity index is 611. The Morgan fingerprint density at radius 3 is 2.24 bits per heavy atom. The van der Waals surface area contributed by atoms with Gasteiger partial charge in [0.1, 0.15) is 11.6 Å². The zero-order chi connectivity index (χ0) is 19.2. The normalized spacial score (nSPS) is 12.3. The number of esters is 1. The summed E-state index contributed by atoms with van der Waals surface area (Å²) in [7, 11) is 0. The van der Waals surface area contributed by atoms with E-state index in [-0.39, 0.29) is 25.2 Å². The number of rotatable bonds is 7. The van der Waals surface area contributed by atoms with E-state index in [1.807, 2.05) is 0 Å². The van der Waals surface area contributed by atoms with E-state index < -0.39 is 35.3 Å². The molecule has 0 bridgehead atoms. The predicted molar refractivity (Wildman–Crippen MR) is 86.6 cm³/mol. The molecule has 1 atom stereocenters. The van der Waals surface area contributed by atoms with Gasteiger partial charge < -0.3 is 25.1 Å². The van der Waals surface area contributed by atoms with Gasteiger partial charge in [-0.05, 0) is 27.2 Å². The summed E-state index contributed by atoms with van der Waals surface area (Å²) in [5.74, 6) is -2.72. The number of aromatic nitrogens is 1. The van der Waals surface area contributed by atoms with Crippen LogP contribution in [0.3, 0.4) is 0 Å². The number of ether oxygens (including phenoxy) is 1. The van der Waals surface area contributed by atoms with Gasteiger partial charge in [-0.1, -0.05) is 6.92 Å². The van der Waals surface area contributed by atoms with Gasteiger partial charge in [0.25, 0.3) is 0 Å². The first-order valence-electron chi connectivity index (χ1n) is 7.86. The second-order valence-corrected chi connectivity index (χ2v) is 6.35. The minimum atomic E-state index is -1.01. The van der Waals surface area contributed by atoms with E-state index in [1.54, 1.807) is 27.7 Å². The van der Waals surface area contributed by atoms with E-state index in [2.05, 4.69) is 5.32 Å². The molecule has 0 aromatic carbocycles. The lowest BCUT2D eigenvalue weighted by Crippen LogP contribution is -2.44. The molecule has 0 saturated carbocycles. The molecule has 140 valence electrons. The Morgan fingerprint density at radius 1 is 1.20 bits per heavy atom. The molecule has 1 heterocycles. The Kier molecular flexibility index (Phi) is 6.84. The first-order valence-corrected chi connectivity index (χ1v) is 7.86. The van der Waals surface area contributed by atoms with Gasteiger partial charge in [0.05, 0.1) is 6.42 Å². The third-order valence-corrected chi connectivity index (χ3v) is 2.98. The third kappa shape index (κ3) is 6.74. The number of amides is 1. The van der Waals surface area contributed by atoms with Crippen molar-refractivity contribution in [1.29, 1.82) is 0 Å². The Morgan fingerprint density at radius 2 is 1.76 bits per heavy atom. The molecule has 1 aromatic heterocycles. The van der Waals surface area contributed by atoms with Gasteiger partial charge in [-0.15, -0.1) is 4.73 Å². The molecule has 0 radical (unpaired) electrons. The molecule has 25 heavy (non-hydrogen) atoms. The van der Waals surface area contributed by atoms with E-state index in [9.17, 15) is 24.6 Å². The highest BCUT2D eigenvalue weighted by molar-refractivity contribution is 5.85. The number of nitrogens with zero attached hydrogens (tertiary/aromatic N) is 1. The molecule has 0 spiro atoms. The first-order chi connectivity index (χ1) is 11.5. The van der Waals surface area contributed by atoms with Crippen LogP contribution < -0.4 is 10.2 Å². The summed E-state index contributed by atoms with van der Waals surface area (Å²) in [6.45, 7) is 6.70. The van der Waals surface area contributed by atoms with Crippen molar-refractivity contribution in [2.75, 3.05) is 0 Å². The number of aromatic hydroxyl groups is 2. The molecule has 9 heteroatoms. The SMILES string of the molecule is CCC(=O)NC(CCC(=O)On1c(O)ccc1O)C(=O)OC(C)(C)C. The summed E-state index contributed by atoms with van der Waals surface area (Å²) in [5, 5.41) is 21.3. The minimum absolute atomic E-state index is 0.0533. The lowest BCUT2D eigenvalue weighted by atomic mass is 10.1. The molecular weight excluding hydrogens is 332 g/mol. The molecule has 0 aliphatic rings. The first kappa shape index (κ1) is 20.3. The second-order valence-electron chi connectivity index (χ2n) is 6.35. The summed E-state index contributed by atoms with van der Waals surface area (Å²) < 4.78 is 5.78. The number of carbonyl (C=O) groups excluding carboxylic acids is 3. The highest BCUT2D eigenvalue weighted by Gasteiger charge is 2.27. The van der Waals surface area contributed by atoms with Gasteiger partial charge >= 0.3 is 11.9 Å². The molecule has 1 unspecified atom stereocenters. The molecule has 1 aromatic rings. The van der Waals surface area contributed by atoms with Crippen LogP contribution in [0, 0.1) is 0 Å². The van der Waals surface area contributed by atoms with Crippen molar-refractivity contribution in [3.05, 3.63) is 12.1 Å². The smallest absolute Gasteiger partial charge is 0.333 e. The average Bonchev–Trinajstić information content (AvgIpc) is 2.81. The van der Waals surface area contributed by atoms with Gasteiger partial charge in [0.15, 0.2) is 0 Å². The van der Waals surface area contributed by atoms with Crippen molar-refractivity contribution < 1.29 is 34.2 Å². The van der Waals surface area contributed by atoms with Gasteiger partial charge in [0, 0.05) is 18.6 Å². The third-order valence-electron chi connectivity index (χ3n) is 2.98. The molecule has 0 fully saturated rings. The van der Waals surface area contributed by atoms with Gasteiger partial charge in [0.2, 0.25) is 17.7 Å². The lowest BCUT2D eigenvalue weighted by Gasteiger charge is -2.24. The van der Waals surface area contributed by atoms with Crippen LogP contribution in [0.1, 0.15) is 47.0 Å². The number of hydrogen-bond donors (Lipinski definition) is 3. The van der Waals surface area contributed by atoms with Gasteiger partial charge in [-0.3, -0.25) is 4.79 Å².